The van der Waals surface area contributed by atoms with Crippen LogP contribution in [0.25, 0.3) is 0 Å². The monoisotopic (exact) mass is 363 g/mol. The molecular formula is C18H19Cl2N3O. The van der Waals surface area contributed by atoms with Gasteiger partial charge in [-0.1, -0.05) is 35.3 Å². The molecule has 0 atom stereocenters. The molecule has 6 heteroatoms. The molecule has 2 aromatic rings. The summed E-state index contributed by atoms with van der Waals surface area (Å²) >= 11 is 11.8. The highest BCUT2D eigenvalue weighted by molar-refractivity contribution is 6.36. The van der Waals surface area contributed by atoms with Crippen molar-refractivity contribution in [2.75, 3.05) is 18.0 Å². The van der Waals surface area contributed by atoms with Gasteiger partial charge < -0.3 is 4.90 Å². The van der Waals surface area contributed by atoms with E-state index in [4.69, 9.17) is 23.2 Å². The zero-order valence-corrected chi connectivity index (χ0v) is 15.1. The van der Waals surface area contributed by atoms with Crippen molar-refractivity contribution >= 4 is 41.0 Å². The SMILES string of the molecule is CCN(CC)c1ccc(C=NNC(=O)c2ccc(Cl)cc2Cl)cc1. The minimum Gasteiger partial charge on any atom is -0.372 e. The Bertz CT molecular complexity index is 726. The zero-order chi connectivity index (χ0) is 17.5. The average Bonchev–Trinajstić information content (AvgIpc) is 2.57. The van der Waals surface area contributed by atoms with E-state index in [1.165, 1.54) is 6.07 Å². The second-order valence-corrected chi connectivity index (χ2v) is 5.93. The minimum atomic E-state index is -0.382. The highest BCUT2D eigenvalue weighted by atomic mass is 35.5. The summed E-state index contributed by atoms with van der Waals surface area (Å²) in [4.78, 5) is 14.3. The number of benzene rings is 2. The Kier molecular flexibility index (Phi) is 6.64. The second kappa shape index (κ2) is 8.71. The molecule has 0 unspecified atom stereocenters. The highest BCUT2D eigenvalue weighted by Gasteiger charge is 2.09. The van der Waals surface area contributed by atoms with Gasteiger partial charge in [0.05, 0.1) is 16.8 Å². The predicted octanol–water partition coefficient (Wildman–Crippen LogP) is 4.60. The summed E-state index contributed by atoms with van der Waals surface area (Å²) < 4.78 is 0. The smallest absolute Gasteiger partial charge is 0.272 e. The van der Waals surface area contributed by atoms with Crippen molar-refractivity contribution in [3.05, 3.63) is 63.6 Å². The van der Waals surface area contributed by atoms with Gasteiger partial charge in [0, 0.05) is 23.8 Å². The van der Waals surface area contributed by atoms with Gasteiger partial charge in [0.25, 0.3) is 5.91 Å². The second-order valence-electron chi connectivity index (χ2n) is 5.09. The van der Waals surface area contributed by atoms with Crippen molar-refractivity contribution in [3.63, 3.8) is 0 Å². The fourth-order valence-electron chi connectivity index (χ4n) is 2.26. The van der Waals surface area contributed by atoms with E-state index in [0.717, 1.165) is 24.3 Å². The van der Waals surface area contributed by atoms with E-state index in [9.17, 15) is 4.79 Å². The maximum absolute atomic E-state index is 12.0. The van der Waals surface area contributed by atoms with Crippen LogP contribution in [0.15, 0.2) is 47.6 Å². The number of anilines is 1. The van der Waals surface area contributed by atoms with Crippen LogP contribution in [0.1, 0.15) is 29.8 Å². The maximum Gasteiger partial charge on any atom is 0.272 e. The number of carbonyl (C=O) groups is 1. The predicted molar refractivity (Wildman–Crippen MR) is 102 cm³/mol. The molecule has 4 nitrogen and oxygen atoms in total. The molecule has 0 aliphatic heterocycles. The van der Waals surface area contributed by atoms with Crippen LogP contribution in [0, 0.1) is 0 Å². The van der Waals surface area contributed by atoms with Gasteiger partial charge in [-0.05, 0) is 49.7 Å². The first-order valence-corrected chi connectivity index (χ1v) is 8.44. The fourth-order valence-corrected chi connectivity index (χ4v) is 2.75. The van der Waals surface area contributed by atoms with E-state index in [1.54, 1.807) is 18.3 Å². The van der Waals surface area contributed by atoms with Crippen molar-refractivity contribution in [2.45, 2.75) is 13.8 Å². The number of nitrogens with one attached hydrogen (secondary N) is 1. The summed E-state index contributed by atoms with van der Waals surface area (Å²) in [5, 5.41) is 4.74. The molecule has 126 valence electrons. The van der Waals surface area contributed by atoms with E-state index in [0.29, 0.717) is 15.6 Å². The largest absolute Gasteiger partial charge is 0.372 e. The molecule has 0 fully saturated rings. The number of nitrogens with zero attached hydrogens (tertiary/aromatic N) is 2. The number of rotatable bonds is 6. The Balaban J connectivity index is 1.99. The summed E-state index contributed by atoms with van der Waals surface area (Å²) in [5.74, 6) is -0.382. The van der Waals surface area contributed by atoms with Gasteiger partial charge in [-0.15, -0.1) is 0 Å². The van der Waals surface area contributed by atoms with Gasteiger partial charge in [-0.25, -0.2) is 5.43 Å². The van der Waals surface area contributed by atoms with E-state index < -0.39 is 0 Å². The summed E-state index contributed by atoms with van der Waals surface area (Å²) in [6, 6.07) is 12.7. The lowest BCUT2D eigenvalue weighted by Crippen LogP contribution is -2.21. The van der Waals surface area contributed by atoms with Crippen molar-refractivity contribution in [3.8, 4) is 0 Å². The van der Waals surface area contributed by atoms with E-state index in [2.05, 4.69) is 29.3 Å². The van der Waals surface area contributed by atoms with E-state index in [1.807, 2.05) is 24.3 Å². The average molecular weight is 364 g/mol. The lowest BCUT2D eigenvalue weighted by molar-refractivity contribution is 0.0955. The van der Waals surface area contributed by atoms with Crippen molar-refractivity contribution < 1.29 is 4.79 Å². The Labute approximate surface area is 152 Å². The zero-order valence-electron chi connectivity index (χ0n) is 13.6. The molecule has 0 aliphatic carbocycles. The maximum atomic E-state index is 12.0. The van der Waals surface area contributed by atoms with Gasteiger partial charge in [0.2, 0.25) is 0 Å². The minimum absolute atomic E-state index is 0.291. The molecule has 0 saturated heterocycles. The van der Waals surface area contributed by atoms with Crippen molar-refractivity contribution in [1.29, 1.82) is 0 Å². The normalized spacial score (nSPS) is 10.8. The summed E-state index contributed by atoms with van der Waals surface area (Å²) in [6.07, 6.45) is 1.59. The number of amides is 1. The lowest BCUT2D eigenvalue weighted by atomic mass is 10.2. The number of hydrogen-bond acceptors (Lipinski definition) is 3. The molecule has 0 radical (unpaired) electrons. The first-order valence-electron chi connectivity index (χ1n) is 7.68. The molecule has 0 heterocycles. The van der Waals surface area contributed by atoms with Crippen LogP contribution in [-0.2, 0) is 0 Å². The Morgan fingerprint density at radius 1 is 1.12 bits per heavy atom. The fraction of sp³-hybridized carbons (Fsp3) is 0.222. The molecule has 0 spiro atoms. The topological polar surface area (TPSA) is 44.7 Å². The van der Waals surface area contributed by atoms with Gasteiger partial charge >= 0.3 is 0 Å². The number of halogens is 2. The molecule has 1 amide bonds. The summed E-state index contributed by atoms with van der Waals surface area (Å²) in [5.41, 5.74) is 4.85. The molecule has 2 rings (SSSR count). The molecule has 0 aromatic heterocycles. The standard InChI is InChI=1S/C18H19Cl2N3O/c1-3-23(4-2)15-8-5-13(6-9-15)12-21-22-18(24)16-10-7-14(19)11-17(16)20/h5-12H,3-4H2,1-2H3,(H,22,24). The van der Waals surface area contributed by atoms with Crippen LogP contribution in [0.5, 0.6) is 0 Å². The lowest BCUT2D eigenvalue weighted by Gasteiger charge is -2.20. The third-order valence-electron chi connectivity index (χ3n) is 3.58. The van der Waals surface area contributed by atoms with Gasteiger partial charge in [-0.2, -0.15) is 5.10 Å². The molecule has 0 bridgehead atoms. The third kappa shape index (κ3) is 4.73. The molecule has 0 aliphatic rings. The molecule has 24 heavy (non-hydrogen) atoms. The van der Waals surface area contributed by atoms with Crippen LogP contribution in [0.2, 0.25) is 10.0 Å². The Morgan fingerprint density at radius 2 is 1.79 bits per heavy atom. The van der Waals surface area contributed by atoms with Crippen molar-refractivity contribution in [2.24, 2.45) is 5.10 Å². The van der Waals surface area contributed by atoms with E-state index >= 15 is 0 Å². The van der Waals surface area contributed by atoms with Crippen molar-refractivity contribution in [1.82, 2.24) is 5.43 Å². The van der Waals surface area contributed by atoms with Crippen LogP contribution in [0.3, 0.4) is 0 Å². The van der Waals surface area contributed by atoms with Gasteiger partial charge in [-0.3, -0.25) is 4.79 Å². The first kappa shape index (κ1) is 18.3. The molecule has 0 saturated carbocycles. The Morgan fingerprint density at radius 3 is 2.38 bits per heavy atom. The van der Waals surface area contributed by atoms with Crippen LogP contribution in [0.4, 0.5) is 5.69 Å². The van der Waals surface area contributed by atoms with Gasteiger partial charge in [0.15, 0.2) is 0 Å². The summed E-state index contributed by atoms with van der Waals surface area (Å²) in [6.45, 7) is 6.16. The molecule has 1 N–H and O–H groups in total. The molecular weight excluding hydrogens is 345 g/mol. The highest BCUT2D eigenvalue weighted by Crippen LogP contribution is 2.20. The van der Waals surface area contributed by atoms with Crippen LogP contribution < -0.4 is 10.3 Å². The first-order chi connectivity index (χ1) is 11.5. The van der Waals surface area contributed by atoms with Crippen LogP contribution >= 0.6 is 23.2 Å². The van der Waals surface area contributed by atoms with E-state index in [-0.39, 0.29) is 5.91 Å². The van der Waals surface area contributed by atoms with Crippen LogP contribution in [-0.4, -0.2) is 25.2 Å². The number of hydrogen-bond donors (Lipinski definition) is 1. The quantitative estimate of drug-likeness (QED) is 0.601. The third-order valence-corrected chi connectivity index (χ3v) is 4.12. The number of hydrazone groups is 1. The molecule has 2 aromatic carbocycles. The summed E-state index contributed by atoms with van der Waals surface area (Å²) in [7, 11) is 0. The number of carbonyl (C=O) groups excluding carboxylic acids is 1. The Hall–Kier alpha value is -2.04. The van der Waals surface area contributed by atoms with Gasteiger partial charge in [0.1, 0.15) is 0 Å².